The van der Waals surface area contributed by atoms with Gasteiger partial charge in [0.15, 0.2) is 30.3 Å². The van der Waals surface area contributed by atoms with Crippen molar-refractivity contribution in [1.29, 1.82) is 5.26 Å². The lowest BCUT2D eigenvalue weighted by Gasteiger charge is -2.45. The van der Waals surface area contributed by atoms with Gasteiger partial charge in [0.25, 0.3) is 0 Å². The summed E-state index contributed by atoms with van der Waals surface area (Å²) < 4.78 is 29.5. The normalized spacial score (nSPS) is 20.7. The lowest BCUT2D eigenvalue weighted by molar-refractivity contribution is -0.269. The predicted octanol–water partition coefficient (Wildman–Crippen LogP) is 4.68. The molecule has 0 unspecified atom stereocenters. The summed E-state index contributed by atoms with van der Waals surface area (Å²) in [7, 11) is 0. The van der Waals surface area contributed by atoms with Crippen LogP contribution >= 0.6 is 12.2 Å². The Bertz CT molecular complexity index is 1840. The average Bonchev–Trinajstić information content (AvgIpc) is 2.97. The highest BCUT2D eigenvalue weighted by Crippen LogP contribution is 2.41. The van der Waals surface area contributed by atoms with Crippen LogP contribution in [0.15, 0.2) is 42.5 Å². The third-order valence-corrected chi connectivity index (χ3v) is 7.80. The van der Waals surface area contributed by atoms with Gasteiger partial charge in [0.1, 0.15) is 23.4 Å². The Morgan fingerprint density at radius 3 is 2.02 bits per heavy atom. The smallest absolute Gasteiger partial charge is 0.303 e. The Morgan fingerprint density at radius 2 is 1.43 bits per heavy atom. The fraction of sp³-hybridized carbons (Fsp3) is 0.364. The summed E-state index contributed by atoms with van der Waals surface area (Å²) in [6.45, 7) is 6.99. The number of fused-ring (bicyclic) bond motifs is 1. The first-order chi connectivity index (χ1) is 21.8. The second-order valence-corrected chi connectivity index (χ2v) is 11.1. The van der Waals surface area contributed by atoms with Gasteiger partial charge in [-0.05, 0) is 30.2 Å². The van der Waals surface area contributed by atoms with Gasteiger partial charge in [-0.3, -0.25) is 24.0 Å². The molecule has 0 spiro atoms. The van der Waals surface area contributed by atoms with Gasteiger partial charge in [-0.2, -0.15) is 5.26 Å². The van der Waals surface area contributed by atoms with Crippen LogP contribution in [-0.4, -0.2) is 65.3 Å². The van der Waals surface area contributed by atoms with E-state index in [9.17, 15) is 29.2 Å². The second kappa shape index (κ2) is 14.0. The van der Waals surface area contributed by atoms with E-state index >= 15 is 0 Å². The molecule has 2 aromatic carbocycles. The molecule has 0 bridgehead atoms. The molecule has 5 atom stereocenters. The summed E-state index contributed by atoms with van der Waals surface area (Å²) in [5.41, 5.74) is 1.28. The largest absolute Gasteiger partial charge is 0.463 e. The molecular formula is C33H32N2O10S. The number of ketones is 1. The number of benzene rings is 2. The first-order valence-corrected chi connectivity index (χ1v) is 14.7. The van der Waals surface area contributed by atoms with Gasteiger partial charge < -0.3 is 28.3 Å². The van der Waals surface area contributed by atoms with Gasteiger partial charge in [0, 0.05) is 44.5 Å². The highest BCUT2D eigenvalue weighted by atomic mass is 32.1. The van der Waals surface area contributed by atoms with E-state index in [0.29, 0.717) is 11.1 Å². The first kappa shape index (κ1) is 34.0. The van der Waals surface area contributed by atoms with E-state index in [-0.39, 0.29) is 21.5 Å². The van der Waals surface area contributed by atoms with Crippen LogP contribution < -0.4 is 0 Å². The third-order valence-electron chi connectivity index (χ3n) is 7.40. The Morgan fingerprint density at radius 1 is 0.848 bits per heavy atom. The van der Waals surface area contributed by atoms with E-state index in [1.165, 1.54) is 11.5 Å². The number of esters is 4. The quantitative estimate of drug-likeness (QED) is 0.144. The van der Waals surface area contributed by atoms with Crippen molar-refractivity contribution in [1.82, 2.24) is 4.57 Å². The number of pyridine rings is 1. The number of ether oxygens (including phenoxy) is 5. The predicted molar refractivity (Wildman–Crippen MR) is 165 cm³/mol. The van der Waals surface area contributed by atoms with Gasteiger partial charge in [-0.1, -0.05) is 54.7 Å². The Kier molecular flexibility index (Phi) is 10.3. The standard InChI is InChI=1S/C33H32N2O10S/c1-16-27(17(2)36)28(24-13-9-11-22-10-7-8-12-23(22)24)25(14-34)33(46)35(16)32-31(44-21(6)40)30(43-20(5)39)29(42-19(4)38)26(45-32)15-41-18(3)37/h7-13,26,29-32H,15H2,1-6H3/t26-,29-,30-,31-,32-/m1/s1. The molecule has 0 saturated carbocycles. The van der Waals surface area contributed by atoms with E-state index in [0.717, 1.165) is 38.5 Å². The molecule has 0 N–H and O–H groups in total. The molecule has 240 valence electrons. The zero-order chi connectivity index (χ0) is 33.9. The number of Topliss-reactive ketones (excluding diaryl/α,β-unsaturated/α-hetero) is 1. The zero-order valence-electron chi connectivity index (χ0n) is 26.0. The summed E-state index contributed by atoms with van der Waals surface area (Å²) in [5, 5.41) is 12.2. The number of carbonyl (C=O) groups excluding carboxylic acids is 5. The molecular weight excluding hydrogens is 616 g/mol. The molecule has 46 heavy (non-hydrogen) atoms. The summed E-state index contributed by atoms with van der Waals surface area (Å²) >= 11 is 5.88. The molecule has 4 rings (SSSR count). The minimum Gasteiger partial charge on any atom is -0.463 e. The van der Waals surface area contributed by atoms with Crippen molar-refractivity contribution in [3.8, 4) is 17.2 Å². The van der Waals surface area contributed by atoms with Crippen molar-refractivity contribution in [2.75, 3.05) is 6.61 Å². The SMILES string of the molecule is CC(=O)OC[C@H]1O[C@@H](n2c(C)c(C(C)=O)c(-c3cccc4ccccc34)c(C#N)c2=S)[C@H](OC(C)=O)[C@H](OC(C)=O)[C@@H]1OC(C)=O. The minimum absolute atomic E-state index is 0.0324. The Balaban J connectivity index is 2.06. The summed E-state index contributed by atoms with van der Waals surface area (Å²) in [4.78, 5) is 62.1. The van der Waals surface area contributed by atoms with Crippen molar-refractivity contribution in [2.24, 2.45) is 0 Å². The van der Waals surface area contributed by atoms with Gasteiger partial charge >= 0.3 is 23.9 Å². The molecule has 0 aliphatic carbocycles. The van der Waals surface area contributed by atoms with E-state index in [1.54, 1.807) is 13.0 Å². The molecule has 12 nitrogen and oxygen atoms in total. The molecule has 1 aromatic heterocycles. The summed E-state index contributed by atoms with van der Waals surface area (Å²) in [6, 6.07) is 15.1. The van der Waals surface area contributed by atoms with Crippen molar-refractivity contribution in [2.45, 2.75) is 72.2 Å². The van der Waals surface area contributed by atoms with E-state index in [4.69, 9.17) is 35.9 Å². The molecule has 13 heteroatoms. The maximum Gasteiger partial charge on any atom is 0.303 e. The monoisotopic (exact) mass is 648 g/mol. The molecule has 1 saturated heterocycles. The fourth-order valence-electron chi connectivity index (χ4n) is 5.77. The molecule has 2 heterocycles. The number of hydrogen-bond acceptors (Lipinski definition) is 12. The van der Waals surface area contributed by atoms with Crippen LogP contribution in [0.5, 0.6) is 0 Å². The van der Waals surface area contributed by atoms with Crippen molar-refractivity contribution in [3.05, 3.63) is 63.9 Å². The number of nitrogens with zero attached hydrogens (tertiary/aromatic N) is 2. The van der Waals surface area contributed by atoms with Gasteiger partial charge in [0.2, 0.25) is 0 Å². The second-order valence-electron chi connectivity index (χ2n) is 10.7. The maximum atomic E-state index is 13.4. The number of aromatic nitrogens is 1. The molecule has 3 aromatic rings. The zero-order valence-corrected chi connectivity index (χ0v) is 26.8. The maximum absolute atomic E-state index is 13.4. The van der Waals surface area contributed by atoms with Crippen molar-refractivity contribution < 1.29 is 47.7 Å². The van der Waals surface area contributed by atoms with E-state index < -0.39 is 66.9 Å². The van der Waals surface area contributed by atoms with E-state index in [2.05, 4.69) is 6.07 Å². The van der Waals surface area contributed by atoms with Crippen LogP contribution in [0.1, 0.15) is 62.5 Å². The van der Waals surface area contributed by atoms with Crippen molar-refractivity contribution >= 4 is 52.7 Å². The Labute approximate surface area is 269 Å². The highest BCUT2D eigenvalue weighted by molar-refractivity contribution is 7.71. The molecule has 0 radical (unpaired) electrons. The van der Waals surface area contributed by atoms with Crippen LogP contribution in [0, 0.1) is 22.9 Å². The fourth-order valence-corrected chi connectivity index (χ4v) is 6.16. The van der Waals surface area contributed by atoms with Crippen molar-refractivity contribution in [3.63, 3.8) is 0 Å². The van der Waals surface area contributed by atoms with Crippen LogP contribution in [-0.2, 0) is 42.9 Å². The first-order valence-electron chi connectivity index (χ1n) is 14.3. The van der Waals surface area contributed by atoms with Crippen LogP contribution in [0.2, 0.25) is 0 Å². The van der Waals surface area contributed by atoms with Gasteiger partial charge in [-0.15, -0.1) is 0 Å². The number of hydrogen-bond donors (Lipinski definition) is 0. The highest BCUT2D eigenvalue weighted by Gasteiger charge is 2.53. The topological polar surface area (TPSA) is 160 Å². The molecule has 1 fully saturated rings. The summed E-state index contributed by atoms with van der Waals surface area (Å²) in [6.07, 6.45) is -7.08. The Hall–Kier alpha value is -4.93. The number of rotatable bonds is 8. The molecule has 1 aliphatic heterocycles. The lowest BCUT2D eigenvalue weighted by atomic mass is 9.89. The molecule has 0 amide bonds. The van der Waals surface area contributed by atoms with Crippen LogP contribution in [0.25, 0.3) is 21.9 Å². The number of carbonyl (C=O) groups is 5. The van der Waals surface area contributed by atoms with Crippen LogP contribution in [0.4, 0.5) is 0 Å². The van der Waals surface area contributed by atoms with Crippen LogP contribution in [0.3, 0.4) is 0 Å². The average molecular weight is 649 g/mol. The van der Waals surface area contributed by atoms with Gasteiger partial charge in [0.05, 0.1) is 5.56 Å². The number of nitriles is 1. The molecule has 1 aliphatic rings. The third kappa shape index (κ3) is 6.83. The van der Waals surface area contributed by atoms with E-state index in [1.807, 2.05) is 36.4 Å². The minimum atomic E-state index is -1.50. The summed E-state index contributed by atoms with van der Waals surface area (Å²) in [5.74, 6) is -3.46. The van der Waals surface area contributed by atoms with Gasteiger partial charge in [-0.25, -0.2) is 0 Å². The lowest BCUT2D eigenvalue weighted by Crippen LogP contribution is -2.60.